The molecule has 0 spiro atoms. The van der Waals surface area contributed by atoms with Crippen molar-refractivity contribution < 1.29 is 14.7 Å². The van der Waals surface area contributed by atoms with Crippen LogP contribution in [0, 0.1) is 23.2 Å². The molecule has 0 radical (unpaired) electrons. The maximum absolute atomic E-state index is 11.9. The number of carbonyl (C=O) groups is 2. The number of carboxylic acid groups (broad SMARTS) is 1. The van der Waals surface area contributed by atoms with Gasteiger partial charge in [0.2, 0.25) is 5.91 Å². The highest BCUT2D eigenvalue weighted by Crippen LogP contribution is 2.61. The molecule has 2 N–H and O–H groups in total. The molecule has 4 aliphatic carbocycles. The summed E-state index contributed by atoms with van der Waals surface area (Å²) < 4.78 is 0. The first-order valence-electron chi connectivity index (χ1n) is 11.2. The van der Waals surface area contributed by atoms with E-state index in [4.69, 9.17) is 0 Å². The molecular weight excluding hydrogens is 366 g/mol. The Balaban J connectivity index is 1.50. The van der Waals surface area contributed by atoms with Crippen molar-refractivity contribution in [3.8, 4) is 0 Å². The highest BCUT2D eigenvalue weighted by atomic mass is 16.4. The zero-order valence-electron chi connectivity index (χ0n) is 17.6. The molecule has 0 unspecified atom stereocenters. The third-order valence-corrected chi connectivity index (χ3v) is 7.46. The average molecular weight is 400 g/mol. The van der Waals surface area contributed by atoms with E-state index >= 15 is 0 Å². The predicted octanol–water partition coefficient (Wildman–Crippen LogP) is 4.56. The van der Waals surface area contributed by atoms with E-state index in [9.17, 15) is 14.7 Å². The van der Waals surface area contributed by atoms with Crippen LogP contribution in [0.1, 0.15) is 75.6 Å². The van der Waals surface area contributed by atoms with Crippen molar-refractivity contribution in [2.75, 3.05) is 23.3 Å². The first-order valence-corrected chi connectivity index (χ1v) is 11.2. The minimum atomic E-state index is -1.01. The van der Waals surface area contributed by atoms with Gasteiger partial charge in [0.25, 0.3) is 0 Å². The monoisotopic (exact) mass is 399 g/mol. The number of aromatic carboxylic acids is 1. The molecule has 29 heavy (non-hydrogen) atoms. The normalized spacial score (nSPS) is 29.7. The van der Waals surface area contributed by atoms with E-state index in [0.717, 1.165) is 37.3 Å². The van der Waals surface area contributed by atoms with Gasteiger partial charge in [-0.3, -0.25) is 4.79 Å². The Labute approximate surface area is 173 Å². The number of amides is 1. The van der Waals surface area contributed by atoms with Crippen molar-refractivity contribution in [1.29, 1.82) is 0 Å². The van der Waals surface area contributed by atoms with Crippen LogP contribution in [-0.2, 0) is 4.79 Å². The number of pyridine rings is 1. The van der Waals surface area contributed by atoms with E-state index < -0.39 is 5.97 Å². The van der Waals surface area contributed by atoms with Gasteiger partial charge >= 0.3 is 5.97 Å². The molecule has 1 amide bonds. The zero-order chi connectivity index (χ0) is 20.6. The molecule has 0 saturated heterocycles. The molecule has 5 rings (SSSR count). The molecule has 0 aromatic carbocycles. The number of nitrogens with zero attached hydrogens (tertiary/aromatic N) is 2. The fraction of sp³-hybridized carbons (Fsp3) is 0.696. The number of hydrogen-bond acceptors (Lipinski definition) is 4. The van der Waals surface area contributed by atoms with Gasteiger partial charge in [-0.2, -0.15) is 0 Å². The average Bonchev–Trinajstić information content (AvgIpc) is 2.67. The van der Waals surface area contributed by atoms with Crippen LogP contribution in [0.15, 0.2) is 12.3 Å². The number of carboxylic acids is 1. The number of anilines is 2. The fourth-order valence-corrected chi connectivity index (χ4v) is 6.57. The summed E-state index contributed by atoms with van der Waals surface area (Å²) in [5, 5.41) is 12.5. The largest absolute Gasteiger partial charge is 0.478 e. The van der Waals surface area contributed by atoms with Crippen molar-refractivity contribution in [3.63, 3.8) is 0 Å². The van der Waals surface area contributed by atoms with E-state index in [1.54, 1.807) is 13.1 Å². The highest BCUT2D eigenvalue weighted by molar-refractivity contribution is 5.96. The summed E-state index contributed by atoms with van der Waals surface area (Å²) in [6.07, 6.45) is 11.4. The van der Waals surface area contributed by atoms with Gasteiger partial charge in [-0.05, 0) is 81.1 Å². The Bertz CT molecular complexity index is 756. The van der Waals surface area contributed by atoms with Crippen molar-refractivity contribution in [2.45, 2.75) is 65.2 Å². The number of nitrogens with one attached hydrogen (secondary N) is 1. The van der Waals surface area contributed by atoms with Crippen LogP contribution in [-0.4, -0.2) is 35.1 Å². The summed E-state index contributed by atoms with van der Waals surface area (Å²) in [5.74, 6) is 2.12. The smallest absolute Gasteiger partial charge is 0.339 e. The summed E-state index contributed by atoms with van der Waals surface area (Å²) in [5.41, 5.74) is 1.06. The summed E-state index contributed by atoms with van der Waals surface area (Å²) in [6, 6.07) is 1.53. The Morgan fingerprint density at radius 1 is 1.17 bits per heavy atom. The standard InChI is InChI=1S/C23H33N3O3/c1-3-20(27)25-18-10-19(22(28)29)21(24-14-18)26(4-2)6-5-23-11-15-7-16(12-23)9-17(8-15)13-23/h10,14-17H,3-9,11-13H2,1-2H3,(H,25,27)(H,28,29). The summed E-state index contributed by atoms with van der Waals surface area (Å²) in [6.45, 7) is 5.38. The molecule has 4 saturated carbocycles. The lowest BCUT2D eigenvalue weighted by atomic mass is 9.49. The van der Waals surface area contributed by atoms with E-state index in [-0.39, 0.29) is 11.5 Å². The Kier molecular flexibility index (Phi) is 5.54. The highest BCUT2D eigenvalue weighted by Gasteiger charge is 2.50. The second-order valence-corrected chi connectivity index (χ2v) is 9.55. The topological polar surface area (TPSA) is 82.5 Å². The Morgan fingerprint density at radius 3 is 2.31 bits per heavy atom. The molecular formula is C23H33N3O3. The quantitative estimate of drug-likeness (QED) is 0.669. The molecule has 4 fully saturated rings. The van der Waals surface area contributed by atoms with E-state index in [1.807, 2.05) is 0 Å². The lowest BCUT2D eigenvalue weighted by molar-refractivity contribution is -0.115. The van der Waals surface area contributed by atoms with Gasteiger partial charge in [0.15, 0.2) is 0 Å². The van der Waals surface area contributed by atoms with E-state index in [0.29, 0.717) is 23.3 Å². The van der Waals surface area contributed by atoms with Gasteiger partial charge in [-0.25, -0.2) is 9.78 Å². The SMILES string of the molecule is CCC(=O)Nc1cnc(N(CC)CCC23CC4CC(CC(C4)C2)C3)c(C(=O)O)c1. The van der Waals surface area contributed by atoms with Crippen LogP contribution in [0.2, 0.25) is 0 Å². The van der Waals surface area contributed by atoms with Crippen LogP contribution < -0.4 is 10.2 Å². The van der Waals surface area contributed by atoms with Gasteiger partial charge in [0, 0.05) is 19.5 Å². The van der Waals surface area contributed by atoms with Crippen molar-refractivity contribution >= 4 is 23.4 Å². The van der Waals surface area contributed by atoms with Gasteiger partial charge in [-0.15, -0.1) is 0 Å². The number of rotatable bonds is 8. The fourth-order valence-electron chi connectivity index (χ4n) is 6.57. The predicted molar refractivity (Wildman–Crippen MR) is 113 cm³/mol. The summed E-state index contributed by atoms with van der Waals surface area (Å²) in [7, 11) is 0. The molecule has 6 nitrogen and oxygen atoms in total. The summed E-state index contributed by atoms with van der Waals surface area (Å²) in [4.78, 5) is 30.1. The van der Waals surface area contributed by atoms with Crippen molar-refractivity contribution in [3.05, 3.63) is 17.8 Å². The lowest BCUT2D eigenvalue weighted by Crippen LogP contribution is -2.47. The third kappa shape index (κ3) is 4.12. The second kappa shape index (κ2) is 7.96. The Morgan fingerprint density at radius 2 is 1.79 bits per heavy atom. The first kappa shape index (κ1) is 20.2. The van der Waals surface area contributed by atoms with Gasteiger partial charge in [0.05, 0.1) is 11.9 Å². The molecule has 4 aliphatic rings. The van der Waals surface area contributed by atoms with E-state index in [2.05, 4.69) is 22.1 Å². The first-order chi connectivity index (χ1) is 13.9. The van der Waals surface area contributed by atoms with E-state index in [1.165, 1.54) is 44.6 Å². The molecule has 1 aromatic rings. The van der Waals surface area contributed by atoms with Crippen molar-refractivity contribution in [2.24, 2.45) is 23.2 Å². The zero-order valence-corrected chi connectivity index (χ0v) is 17.6. The van der Waals surface area contributed by atoms with Gasteiger partial charge < -0.3 is 15.3 Å². The van der Waals surface area contributed by atoms with Crippen LogP contribution >= 0.6 is 0 Å². The molecule has 1 heterocycles. The molecule has 6 heteroatoms. The van der Waals surface area contributed by atoms with Gasteiger partial charge in [0.1, 0.15) is 11.4 Å². The second-order valence-electron chi connectivity index (χ2n) is 9.55. The lowest BCUT2D eigenvalue weighted by Gasteiger charge is -2.57. The maximum atomic E-state index is 11.9. The van der Waals surface area contributed by atoms with Crippen LogP contribution in [0.4, 0.5) is 11.5 Å². The number of carbonyl (C=O) groups excluding carboxylic acids is 1. The van der Waals surface area contributed by atoms with Crippen LogP contribution in [0.3, 0.4) is 0 Å². The van der Waals surface area contributed by atoms with Crippen LogP contribution in [0.25, 0.3) is 0 Å². The summed E-state index contributed by atoms with van der Waals surface area (Å²) >= 11 is 0. The molecule has 158 valence electrons. The number of hydrogen-bond donors (Lipinski definition) is 2. The minimum absolute atomic E-state index is 0.148. The van der Waals surface area contributed by atoms with Crippen molar-refractivity contribution in [1.82, 2.24) is 4.98 Å². The third-order valence-electron chi connectivity index (χ3n) is 7.46. The Hall–Kier alpha value is -2.11. The molecule has 0 aliphatic heterocycles. The molecule has 0 atom stereocenters. The maximum Gasteiger partial charge on any atom is 0.339 e. The van der Waals surface area contributed by atoms with Crippen LogP contribution in [0.5, 0.6) is 0 Å². The van der Waals surface area contributed by atoms with Gasteiger partial charge in [-0.1, -0.05) is 6.92 Å². The molecule has 4 bridgehead atoms. The number of aromatic nitrogens is 1. The minimum Gasteiger partial charge on any atom is -0.478 e. The molecule has 1 aromatic heterocycles.